The van der Waals surface area contributed by atoms with E-state index in [9.17, 15) is 5.11 Å². The Kier molecular flexibility index (Phi) is 3.16. The first-order valence-electron chi connectivity index (χ1n) is 5.24. The van der Waals surface area contributed by atoms with Crippen LogP contribution in [-0.4, -0.2) is 39.3 Å². The third-order valence-corrected chi connectivity index (χ3v) is 2.84. The average molecular weight is 195 g/mol. The highest BCUT2D eigenvalue weighted by Crippen LogP contribution is 2.18. The molecule has 0 aromatic carbocycles. The van der Waals surface area contributed by atoms with Gasteiger partial charge in [-0.25, -0.2) is 4.98 Å². The van der Waals surface area contributed by atoms with Crippen molar-refractivity contribution in [2.75, 3.05) is 19.7 Å². The van der Waals surface area contributed by atoms with E-state index in [0.717, 1.165) is 13.1 Å². The van der Waals surface area contributed by atoms with E-state index < -0.39 is 0 Å². The standard InChI is InChI=1S/C10H17N3O/c14-8-10(13-7-4-11-9-13)12-5-2-1-3-6-12/h4,7,9-10,14H,1-3,5-6,8H2. The van der Waals surface area contributed by atoms with Gasteiger partial charge in [-0.1, -0.05) is 6.42 Å². The van der Waals surface area contributed by atoms with Crippen LogP contribution in [0.15, 0.2) is 18.7 Å². The zero-order valence-electron chi connectivity index (χ0n) is 8.34. The van der Waals surface area contributed by atoms with Crippen molar-refractivity contribution in [2.24, 2.45) is 0 Å². The van der Waals surface area contributed by atoms with Gasteiger partial charge in [0, 0.05) is 25.5 Å². The Hall–Kier alpha value is -0.870. The van der Waals surface area contributed by atoms with Gasteiger partial charge in [-0.15, -0.1) is 0 Å². The lowest BCUT2D eigenvalue weighted by atomic mass is 10.1. The summed E-state index contributed by atoms with van der Waals surface area (Å²) >= 11 is 0. The summed E-state index contributed by atoms with van der Waals surface area (Å²) in [6, 6.07) is 0. The second-order valence-electron chi connectivity index (χ2n) is 3.77. The fourth-order valence-corrected chi connectivity index (χ4v) is 2.06. The van der Waals surface area contributed by atoms with Crippen LogP contribution in [0.1, 0.15) is 25.4 Å². The van der Waals surface area contributed by atoms with E-state index in [0.29, 0.717) is 0 Å². The number of likely N-dealkylation sites (tertiary alicyclic amines) is 1. The van der Waals surface area contributed by atoms with E-state index >= 15 is 0 Å². The van der Waals surface area contributed by atoms with Gasteiger partial charge in [-0.2, -0.15) is 0 Å². The van der Waals surface area contributed by atoms with Gasteiger partial charge >= 0.3 is 0 Å². The first-order valence-corrected chi connectivity index (χ1v) is 5.24. The molecule has 2 heterocycles. The normalized spacial score (nSPS) is 20.9. The monoisotopic (exact) mass is 195 g/mol. The van der Waals surface area contributed by atoms with Crippen LogP contribution in [0.25, 0.3) is 0 Å². The number of imidazole rings is 1. The number of rotatable bonds is 3. The Bertz CT molecular complexity index is 254. The summed E-state index contributed by atoms with van der Waals surface area (Å²) in [6.45, 7) is 2.34. The molecule has 0 saturated carbocycles. The first kappa shape index (κ1) is 9.68. The number of aliphatic hydroxyl groups excluding tert-OH is 1. The number of nitrogens with zero attached hydrogens (tertiary/aromatic N) is 3. The lowest BCUT2D eigenvalue weighted by Gasteiger charge is -2.33. The molecule has 14 heavy (non-hydrogen) atoms. The predicted octanol–water partition coefficient (Wildman–Crippen LogP) is 0.860. The van der Waals surface area contributed by atoms with Gasteiger partial charge in [0.05, 0.1) is 12.9 Å². The average Bonchev–Trinajstić information content (AvgIpc) is 2.74. The van der Waals surface area contributed by atoms with E-state index in [-0.39, 0.29) is 12.8 Å². The molecule has 1 aliphatic rings. The van der Waals surface area contributed by atoms with Crippen molar-refractivity contribution in [2.45, 2.75) is 25.4 Å². The Morgan fingerprint density at radius 2 is 2.07 bits per heavy atom. The van der Waals surface area contributed by atoms with Gasteiger partial charge in [0.1, 0.15) is 6.17 Å². The highest BCUT2D eigenvalue weighted by molar-refractivity contribution is 4.81. The fraction of sp³-hybridized carbons (Fsp3) is 0.700. The van der Waals surface area contributed by atoms with Gasteiger partial charge in [0.15, 0.2) is 0 Å². The molecule has 1 saturated heterocycles. The molecule has 1 aromatic rings. The largest absolute Gasteiger partial charge is 0.393 e. The number of hydrogen-bond donors (Lipinski definition) is 1. The van der Waals surface area contributed by atoms with Crippen molar-refractivity contribution in [3.8, 4) is 0 Å². The lowest BCUT2D eigenvalue weighted by Crippen LogP contribution is -2.38. The summed E-state index contributed by atoms with van der Waals surface area (Å²) in [5, 5.41) is 9.36. The van der Waals surface area contributed by atoms with Crippen LogP contribution < -0.4 is 0 Å². The minimum absolute atomic E-state index is 0.0813. The number of hydrogen-bond acceptors (Lipinski definition) is 3. The molecule has 1 fully saturated rings. The first-order chi connectivity index (χ1) is 6.92. The Labute approximate surface area is 84.2 Å². The lowest BCUT2D eigenvalue weighted by molar-refractivity contribution is 0.0591. The topological polar surface area (TPSA) is 41.3 Å². The molecule has 0 bridgehead atoms. The van der Waals surface area contributed by atoms with Crippen LogP contribution in [0.5, 0.6) is 0 Å². The zero-order valence-corrected chi connectivity index (χ0v) is 8.34. The third kappa shape index (κ3) is 1.96. The molecule has 2 rings (SSSR count). The maximum Gasteiger partial charge on any atom is 0.111 e. The summed E-state index contributed by atoms with van der Waals surface area (Å²) in [4.78, 5) is 6.34. The van der Waals surface area contributed by atoms with Crippen LogP contribution in [0.3, 0.4) is 0 Å². The van der Waals surface area contributed by atoms with E-state index in [4.69, 9.17) is 0 Å². The maximum absolute atomic E-state index is 9.36. The molecule has 1 aromatic heterocycles. The number of aliphatic hydroxyl groups is 1. The molecule has 1 N–H and O–H groups in total. The predicted molar refractivity (Wildman–Crippen MR) is 53.8 cm³/mol. The Morgan fingerprint density at radius 3 is 2.64 bits per heavy atom. The molecule has 4 heteroatoms. The van der Waals surface area contributed by atoms with Crippen LogP contribution in [-0.2, 0) is 0 Å². The molecule has 1 aliphatic heterocycles. The van der Waals surface area contributed by atoms with Crippen molar-refractivity contribution in [1.82, 2.24) is 14.5 Å². The quantitative estimate of drug-likeness (QED) is 0.777. The van der Waals surface area contributed by atoms with Crippen molar-refractivity contribution >= 4 is 0 Å². The van der Waals surface area contributed by atoms with Crippen molar-refractivity contribution in [3.63, 3.8) is 0 Å². The molecule has 1 unspecified atom stereocenters. The molecule has 4 nitrogen and oxygen atoms in total. The fourth-order valence-electron chi connectivity index (χ4n) is 2.06. The summed E-state index contributed by atoms with van der Waals surface area (Å²) < 4.78 is 1.98. The second kappa shape index (κ2) is 4.57. The third-order valence-electron chi connectivity index (χ3n) is 2.84. The van der Waals surface area contributed by atoms with Crippen LogP contribution in [0.4, 0.5) is 0 Å². The van der Waals surface area contributed by atoms with Gasteiger partial charge in [0.2, 0.25) is 0 Å². The molecule has 0 aliphatic carbocycles. The molecule has 0 amide bonds. The van der Waals surface area contributed by atoms with E-state index in [2.05, 4.69) is 9.88 Å². The minimum atomic E-state index is 0.0813. The molecular weight excluding hydrogens is 178 g/mol. The SMILES string of the molecule is OCC(N1CCCCC1)n1ccnc1. The van der Waals surface area contributed by atoms with Gasteiger partial charge < -0.3 is 9.67 Å². The molecule has 78 valence electrons. The summed E-state index contributed by atoms with van der Waals surface area (Å²) in [6.07, 6.45) is 9.32. The molecular formula is C10H17N3O. The van der Waals surface area contributed by atoms with Crippen molar-refractivity contribution < 1.29 is 5.11 Å². The number of piperidine rings is 1. The smallest absolute Gasteiger partial charge is 0.111 e. The highest BCUT2D eigenvalue weighted by Gasteiger charge is 2.20. The van der Waals surface area contributed by atoms with Crippen LogP contribution in [0.2, 0.25) is 0 Å². The summed E-state index contributed by atoms with van der Waals surface area (Å²) in [5.41, 5.74) is 0. The van der Waals surface area contributed by atoms with E-state index in [1.54, 1.807) is 12.5 Å². The van der Waals surface area contributed by atoms with Crippen molar-refractivity contribution in [3.05, 3.63) is 18.7 Å². The van der Waals surface area contributed by atoms with E-state index in [1.807, 2.05) is 10.8 Å². The molecule has 0 radical (unpaired) electrons. The Balaban J connectivity index is 2.04. The van der Waals surface area contributed by atoms with Gasteiger partial charge in [0.25, 0.3) is 0 Å². The van der Waals surface area contributed by atoms with Gasteiger partial charge in [-0.3, -0.25) is 4.90 Å². The minimum Gasteiger partial charge on any atom is -0.393 e. The molecule has 1 atom stereocenters. The van der Waals surface area contributed by atoms with E-state index in [1.165, 1.54) is 19.3 Å². The second-order valence-corrected chi connectivity index (χ2v) is 3.77. The Morgan fingerprint density at radius 1 is 1.29 bits per heavy atom. The van der Waals surface area contributed by atoms with Crippen molar-refractivity contribution in [1.29, 1.82) is 0 Å². The van der Waals surface area contributed by atoms with Crippen LogP contribution in [0, 0.1) is 0 Å². The summed E-state index contributed by atoms with van der Waals surface area (Å²) in [7, 11) is 0. The number of aromatic nitrogens is 2. The molecule has 0 spiro atoms. The van der Waals surface area contributed by atoms with Crippen LogP contribution >= 0.6 is 0 Å². The maximum atomic E-state index is 9.36. The summed E-state index contributed by atoms with van der Waals surface area (Å²) in [5.74, 6) is 0. The zero-order chi connectivity index (χ0) is 9.80. The van der Waals surface area contributed by atoms with Gasteiger partial charge in [-0.05, 0) is 12.8 Å². The highest BCUT2D eigenvalue weighted by atomic mass is 16.3.